The Hall–Kier alpha value is -1.45. The van der Waals surface area contributed by atoms with E-state index in [1.165, 1.54) is 0 Å². The van der Waals surface area contributed by atoms with Gasteiger partial charge in [0.05, 0.1) is 0 Å². The smallest absolute Gasteiger partial charge is 0.198 e. The van der Waals surface area contributed by atoms with Crippen LogP contribution in [0.4, 0.5) is 0 Å². The molecule has 0 spiro atoms. The number of rotatable bonds is 1. The first-order chi connectivity index (χ1) is 5.81. The zero-order chi connectivity index (χ0) is 8.55. The number of aryl methyl sites for hydroxylation is 2. The molecule has 0 aliphatic heterocycles. The third kappa shape index (κ3) is 0.958. The zero-order valence-corrected chi connectivity index (χ0v) is 7.23. The van der Waals surface area contributed by atoms with Gasteiger partial charge in [-0.05, 0) is 6.92 Å². The molecule has 0 radical (unpaired) electrons. The Bertz CT molecular complexity index is 404. The fourth-order valence-corrected chi connectivity index (χ4v) is 1.23. The van der Waals surface area contributed by atoms with E-state index < -0.39 is 0 Å². The minimum absolute atomic E-state index is 0.946. The number of hydrogen-bond donors (Lipinski definition) is 0. The third-order valence-corrected chi connectivity index (χ3v) is 1.97. The average Bonchev–Trinajstić information content (AvgIpc) is 2.47. The first-order valence-corrected chi connectivity index (χ1v) is 3.99. The first-order valence-electron chi connectivity index (χ1n) is 3.99. The number of aromatic nitrogens is 4. The van der Waals surface area contributed by atoms with Crippen LogP contribution in [-0.2, 0) is 13.6 Å². The van der Waals surface area contributed by atoms with Crippen LogP contribution in [0.5, 0.6) is 0 Å². The standard InChI is InChI=1S/C8H11N4/c1-3-12-5-4-8-7(6-12)9-10-11(8)2/h4-6H,3H2,1-2H3/q+1. The normalized spacial score (nSPS) is 10.8. The molecule has 2 heterocycles. The second kappa shape index (κ2) is 2.55. The van der Waals surface area contributed by atoms with E-state index in [4.69, 9.17) is 0 Å². The van der Waals surface area contributed by atoms with Crippen LogP contribution in [-0.4, -0.2) is 15.0 Å². The molecule has 0 aliphatic carbocycles. The highest BCUT2D eigenvalue weighted by Crippen LogP contribution is 2.04. The summed E-state index contributed by atoms with van der Waals surface area (Å²) in [6, 6.07) is 2.03. The van der Waals surface area contributed by atoms with Crippen LogP contribution >= 0.6 is 0 Å². The van der Waals surface area contributed by atoms with Gasteiger partial charge in [0.2, 0.25) is 0 Å². The molecule has 0 bridgehead atoms. The number of nitrogens with zero attached hydrogens (tertiary/aromatic N) is 4. The molecule has 0 amide bonds. The fraction of sp³-hybridized carbons (Fsp3) is 0.375. The summed E-state index contributed by atoms with van der Waals surface area (Å²) in [5.41, 5.74) is 2.02. The van der Waals surface area contributed by atoms with Crippen molar-refractivity contribution in [3.05, 3.63) is 18.5 Å². The third-order valence-electron chi connectivity index (χ3n) is 1.97. The maximum absolute atomic E-state index is 4.02. The number of hydrogen-bond acceptors (Lipinski definition) is 2. The minimum atomic E-state index is 0.946. The zero-order valence-electron chi connectivity index (χ0n) is 7.23. The second-order valence-electron chi connectivity index (χ2n) is 2.76. The average molecular weight is 163 g/mol. The van der Waals surface area contributed by atoms with Gasteiger partial charge < -0.3 is 0 Å². The first kappa shape index (κ1) is 7.21. The number of fused-ring (bicyclic) bond motifs is 1. The summed E-state index contributed by atoms with van der Waals surface area (Å²) in [4.78, 5) is 0. The maximum atomic E-state index is 4.02. The van der Waals surface area contributed by atoms with Crippen molar-refractivity contribution in [1.82, 2.24) is 15.0 Å². The maximum Gasteiger partial charge on any atom is 0.198 e. The van der Waals surface area contributed by atoms with Crippen LogP contribution in [0.3, 0.4) is 0 Å². The summed E-state index contributed by atoms with van der Waals surface area (Å²) in [6.07, 6.45) is 4.04. The Morgan fingerprint density at radius 3 is 3.17 bits per heavy atom. The largest absolute Gasteiger partial charge is 0.247 e. The van der Waals surface area contributed by atoms with Crippen LogP contribution in [0.1, 0.15) is 6.92 Å². The van der Waals surface area contributed by atoms with Crippen molar-refractivity contribution in [1.29, 1.82) is 0 Å². The molecule has 0 aliphatic rings. The Morgan fingerprint density at radius 2 is 2.42 bits per heavy atom. The predicted molar refractivity (Wildman–Crippen MR) is 44.4 cm³/mol. The summed E-state index contributed by atoms with van der Waals surface area (Å²) in [5, 5.41) is 7.94. The molecule has 2 aromatic heterocycles. The van der Waals surface area contributed by atoms with Crippen LogP contribution in [0.2, 0.25) is 0 Å². The lowest BCUT2D eigenvalue weighted by molar-refractivity contribution is -0.692. The molecule has 0 fully saturated rings. The molecular weight excluding hydrogens is 152 g/mol. The van der Waals surface area contributed by atoms with Crippen LogP contribution in [0, 0.1) is 0 Å². The predicted octanol–water partition coefficient (Wildman–Crippen LogP) is 0.276. The summed E-state index contributed by atoms with van der Waals surface area (Å²) < 4.78 is 3.85. The Labute approximate surface area is 70.4 Å². The minimum Gasteiger partial charge on any atom is -0.247 e. The highest BCUT2D eigenvalue weighted by atomic mass is 15.4. The highest BCUT2D eigenvalue weighted by Gasteiger charge is 2.05. The lowest BCUT2D eigenvalue weighted by Crippen LogP contribution is -2.30. The van der Waals surface area contributed by atoms with E-state index in [-0.39, 0.29) is 0 Å². The van der Waals surface area contributed by atoms with Crippen molar-refractivity contribution in [3.63, 3.8) is 0 Å². The lowest BCUT2D eigenvalue weighted by Gasteiger charge is -1.90. The van der Waals surface area contributed by atoms with E-state index >= 15 is 0 Å². The van der Waals surface area contributed by atoms with Gasteiger partial charge >= 0.3 is 0 Å². The van der Waals surface area contributed by atoms with Gasteiger partial charge in [0.25, 0.3) is 0 Å². The van der Waals surface area contributed by atoms with E-state index in [9.17, 15) is 0 Å². The molecule has 4 nitrogen and oxygen atoms in total. The molecule has 0 aromatic carbocycles. The van der Waals surface area contributed by atoms with Gasteiger partial charge in [0, 0.05) is 13.1 Å². The summed E-state index contributed by atoms with van der Waals surface area (Å²) in [6.45, 7) is 3.06. The molecule has 62 valence electrons. The quantitative estimate of drug-likeness (QED) is 0.566. The molecule has 0 saturated carbocycles. The van der Waals surface area contributed by atoms with E-state index in [0.717, 1.165) is 17.6 Å². The molecule has 0 unspecified atom stereocenters. The van der Waals surface area contributed by atoms with Gasteiger partial charge in [-0.2, -0.15) is 0 Å². The van der Waals surface area contributed by atoms with Crippen molar-refractivity contribution in [2.24, 2.45) is 7.05 Å². The van der Waals surface area contributed by atoms with Crippen LogP contribution in [0.15, 0.2) is 18.5 Å². The monoisotopic (exact) mass is 163 g/mol. The van der Waals surface area contributed by atoms with Crippen molar-refractivity contribution in [2.75, 3.05) is 0 Å². The van der Waals surface area contributed by atoms with Gasteiger partial charge in [-0.15, -0.1) is 5.10 Å². The Balaban J connectivity index is 2.69. The molecule has 2 aromatic rings. The second-order valence-corrected chi connectivity index (χ2v) is 2.76. The summed E-state index contributed by atoms with van der Waals surface area (Å²) in [7, 11) is 1.89. The van der Waals surface area contributed by atoms with E-state index in [1.807, 2.05) is 25.5 Å². The summed E-state index contributed by atoms with van der Waals surface area (Å²) >= 11 is 0. The lowest BCUT2D eigenvalue weighted by atomic mass is 10.4. The van der Waals surface area contributed by atoms with E-state index in [1.54, 1.807) is 4.68 Å². The topological polar surface area (TPSA) is 34.6 Å². The molecule has 0 saturated heterocycles. The van der Waals surface area contributed by atoms with Crippen LogP contribution < -0.4 is 4.57 Å². The van der Waals surface area contributed by atoms with Gasteiger partial charge in [-0.25, -0.2) is 9.25 Å². The highest BCUT2D eigenvalue weighted by molar-refractivity contribution is 5.71. The van der Waals surface area contributed by atoms with Crippen molar-refractivity contribution in [3.8, 4) is 0 Å². The fourth-order valence-electron chi connectivity index (χ4n) is 1.23. The van der Waals surface area contributed by atoms with Gasteiger partial charge in [0.1, 0.15) is 12.1 Å². The van der Waals surface area contributed by atoms with Gasteiger partial charge in [-0.3, -0.25) is 0 Å². The molecule has 2 rings (SSSR count). The molecule has 12 heavy (non-hydrogen) atoms. The molecular formula is C8H11N4+. The Morgan fingerprint density at radius 1 is 1.58 bits per heavy atom. The molecule has 0 N–H and O–H groups in total. The van der Waals surface area contributed by atoms with Crippen LogP contribution in [0.25, 0.3) is 11.0 Å². The number of pyridine rings is 1. The van der Waals surface area contributed by atoms with Crippen molar-refractivity contribution in [2.45, 2.75) is 13.5 Å². The van der Waals surface area contributed by atoms with Gasteiger partial charge in [-0.1, -0.05) is 5.21 Å². The SMILES string of the molecule is CC[n+]1ccc2c(c1)nnn2C. The molecule has 0 atom stereocenters. The van der Waals surface area contributed by atoms with Crippen molar-refractivity contribution < 1.29 is 4.57 Å². The van der Waals surface area contributed by atoms with Gasteiger partial charge in [0.15, 0.2) is 17.9 Å². The molecule has 4 heteroatoms. The van der Waals surface area contributed by atoms with E-state index in [2.05, 4.69) is 21.8 Å². The van der Waals surface area contributed by atoms with Crippen molar-refractivity contribution >= 4 is 11.0 Å². The summed E-state index contributed by atoms with van der Waals surface area (Å²) in [5.74, 6) is 0. The van der Waals surface area contributed by atoms with E-state index in [0.29, 0.717) is 0 Å². The Kier molecular flexibility index (Phi) is 1.53.